The molecule has 1 aromatic carbocycles. The van der Waals surface area contributed by atoms with Gasteiger partial charge in [-0.3, -0.25) is 9.59 Å². The molecule has 1 N–H and O–H groups in total. The van der Waals surface area contributed by atoms with Crippen molar-refractivity contribution in [2.75, 3.05) is 7.11 Å². The molecule has 0 unspecified atom stereocenters. The van der Waals surface area contributed by atoms with Gasteiger partial charge < -0.3 is 18.9 Å². The summed E-state index contributed by atoms with van der Waals surface area (Å²) in [6.07, 6.45) is 0.866. The van der Waals surface area contributed by atoms with Crippen molar-refractivity contribution in [3.63, 3.8) is 0 Å². The number of Topliss-reactive ketones (excluding diaryl/α,β-unsaturated/α-hetero) is 1. The number of oxazole rings is 1. The Morgan fingerprint density at radius 3 is 2.47 bits per heavy atom. The molecule has 2 aromatic heterocycles. The number of esters is 2. The maximum atomic E-state index is 12.7. The topological polar surface area (TPSA) is 111 Å². The molecule has 0 radical (unpaired) electrons. The number of rotatable bonds is 8. The summed E-state index contributed by atoms with van der Waals surface area (Å²) < 4.78 is 15.8. The largest absolute Gasteiger partial charge is 0.465 e. The summed E-state index contributed by atoms with van der Waals surface area (Å²) in [5, 5.41) is 0. The molecule has 3 aromatic rings. The highest BCUT2D eigenvalue weighted by Crippen LogP contribution is 2.22. The first-order valence-electron chi connectivity index (χ1n) is 10.2. The van der Waals surface area contributed by atoms with Crippen molar-refractivity contribution in [2.45, 2.75) is 46.6 Å². The third-order valence-corrected chi connectivity index (χ3v) is 5.18. The number of aromatic nitrogens is 2. The van der Waals surface area contributed by atoms with Crippen LogP contribution in [0.25, 0.3) is 11.3 Å². The van der Waals surface area contributed by atoms with Crippen LogP contribution in [0.15, 0.2) is 34.9 Å². The molecule has 0 saturated carbocycles. The summed E-state index contributed by atoms with van der Waals surface area (Å²) in [5.74, 6) is -0.469. The Morgan fingerprint density at radius 2 is 1.81 bits per heavy atom. The maximum absolute atomic E-state index is 12.7. The third-order valence-electron chi connectivity index (χ3n) is 5.18. The third kappa shape index (κ3) is 4.96. The van der Waals surface area contributed by atoms with E-state index in [1.54, 1.807) is 20.0 Å². The number of hydrogen-bond donors (Lipinski definition) is 1. The summed E-state index contributed by atoms with van der Waals surface area (Å²) in [5.41, 5.74) is 3.56. The van der Waals surface area contributed by atoms with Gasteiger partial charge in [-0.1, -0.05) is 29.8 Å². The van der Waals surface area contributed by atoms with Gasteiger partial charge in [-0.15, -0.1) is 0 Å². The fourth-order valence-electron chi connectivity index (χ4n) is 3.40. The number of ether oxygens (including phenoxy) is 2. The van der Waals surface area contributed by atoms with Crippen LogP contribution >= 0.6 is 0 Å². The van der Waals surface area contributed by atoms with Crippen LogP contribution in [0.2, 0.25) is 0 Å². The van der Waals surface area contributed by atoms with Gasteiger partial charge in [0.2, 0.25) is 5.78 Å². The van der Waals surface area contributed by atoms with E-state index in [0.29, 0.717) is 28.5 Å². The average Bonchev–Trinajstić information content (AvgIpc) is 3.36. The molecule has 168 valence electrons. The van der Waals surface area contributed by atoms with Crippen LogP contribution in [-0.4, -0.2) is 40.9 Å². The minimum absolute atomic E-state index is 0.0155. The Hall–Kier alpha value is -3.68. The molecule has 2 heterocycles. The summed E-state index contributed by atoms with van der Waals surface area (Å²) in [6.45, 7) is 6.82. The summed E-state index contributed by atoms with van der Waals surface area (Å²) in [6, 6.07) is 7.85. The van der Waals surface area contributed by atoms with E-state index in [-0.39, 0.29) is 18.5 Å². The summed E-state index contributed by atoms with van der Waals surface area (Å²) in [7, 11) is 1.28. The lowest BCUT2D eigenvalue weighted by atomic mass is 10.1. The number of benzene rings is 1. The van der Waals surface area contributed by atoms with Gasteiger partial charge in [-0.05, 0) is 33.3 Å². The van der Waals surface area contributed by atoms with Crippen LogP contribution in [0.5, 0.6) is 0 Å². The second-order valence-corrected chi connectivity index (χ2v) is 7.60. The molecule has 8 nitrogen and oxygen atoms in total. The Balaban J connectivity index is 1.58. The number of nitrogens with zero attached hydrogens (tertiary/aromatic N) is 1. The van der Waals surface area contributed by atoms with Gasteiger partial charge in [-0.2, -0.15) is 0 Å². The highest BCUT2D eigenvalue weighted by atomic mass is 16.5. The number of H-pyrrole nitrogens is 1. The molecule has 1 atom stereocenters. The monoisotopic (exact) mass is 438 g/mol. The predicted molar refractivity (Wildman–Crippen MR) is 116 cm³/mol. The summed E-state index contributed by atoms with van der Waals surface area (Å²) >= 11 is 0. The van der Waals surface area contributed by atoms with Gasteiger partial charge in [0.15, 0.2) is 17.8 Å². The van der Waals surface area contributed by atoms with Crippen molar-refractivity contribution in [1.29, 1.82) is 0 Å². The van der Waals surface area contributed by atoms with Crippen LogP contribution in [0.3, 0.4) is 0 Å². The van der Waals surface area contributed by atoms with E-state index in [4.69, 9.17) is 13.9 Å². The Labute approximate surface area is 185 Å². The maximum Gasteiger partial charge on any atom is 0.339 e. The molecule has 0 bridgehead atoms. The number of methoxy groups -OCH3 is 1. The lowest BCUT2D eigenvalue weighted by Crippen LogP contribution is -2.25. The molecular formula is C24H26N2O6. The van der Waals surface area contributed by atoms with Gasteiger partial charge in [0.25, 0.3) is 0 Å². The van der Waals surface area contributed by atoms with Crippen LogP contribution in [-0.2, 0) is 20.7 Å². The zero-order valence-corrected chi connectivity index (χ0v) is 18.8. The second kappa shape index (κ2) is 9.64. The van der Waals surface area contributed by atoms with E-state index in [1.807, 2.05) is 31.2 Å². The smallest absolute Gasteiger partial charge is 0.339 e. The zero-order chi connectivity index (χ0) is 23.4. The van der Waals surface area contributed by atoms with Crippen molar-refractivity contribution in [1.82, 2.24) is 9.97 Å². The van der Waals surface area contributed by atoms with Gasteiger partial charge in [0.05, 0.1) is 31.0 Å². The minimum Gasteiger partial charge on any atom is -0.465 e. The number of aryl methyl sites for hydroxylation is 3. The number of hydrogen-bond acceptors (Lipinski definition) is 7. The molecule has 0 amide bonds. The molecule has 0 saturated heterocycles. The molecule has 32 heavy (non-hydrogen) atoms. The van der Waals surface area contributed by atoms with Crippen molar-refractivity contribution >= 4 is 17.7 Å². The van der Waals surface area contributed by atoms with E-state index >= 15 is 0 Å². The van der Waals surface area contributed by atoms with Crippen LogP contribution in [0, 0.1) is 20.8 Å². The van der Waals surface area contributed by atoms with Crippen LogP contribution in [0.1, 0.15) is 56.9 Å². The molecular weight excluding hydrogens is 412 g/mol. The predicted octanol–water partition coefficient (Wildman–Crippen LogP) is 4.13. The zero-order valence-electron chi connectivity index (χ0n) is 18.8. The highest BCUT2D eigenvalue weighted by molar-refractivity contribution is 6.03. The Bertz CT molecular complexity index is 1140. The molecule has 0 aliphatic rings. The number of carbonyl (C=O) groups is 3. The number of nitrogens with one attached hydrogen (secondary N) is 1. The normalized spacial score (nSPS) is 11.8. The van der Waals surface area contributed by atoms with E-state index in [2.05, 4.69) is 9.97 Å². The van der Waals surface area contributed by atoms with Crippen molar-refractivity contribution in [3.05, 3.63) is 64.4 Å². The fourth-order valence-corrected chi connectivity index (χ4v) is 3.40. The van der Waals surface area contributed by atoms with E-state index in [0.717, 1.165) is 11.1 Å². The molecule has 3 rings (SSSR count). The Morgan fingerprint density at radius 1 is 1.12 bits per heavy atom. The molecule has 8 heteroatoms. The number of carbonyl (C=O) groups excluding carboxylic acids is 3. The molecule has 0 aliphatic heterocycles. The second-order valence-electron chi connectivity index (χ2n) is 7.60. The quantitative estimate of drug-likeness (QED) is 0.416. The lowest BCUT2D eigenvalue weighted by Gasteiger charge is -2.12. The number of aromatic amines is 1. The van der Waals surface area contributed by atoms with Crippen molar-refractivity contribution in [3.8, 4) is 11.3 Å². The van der Waals surface area contributed by atoms with E-state index in [1.165, 1.54) is 14.0 Å². The average molecular weight is 438 g/mol. The first-order chi connectivity index (χ1) is 15.2. The van der Waals surface area contributed by atoms with Gasteiger partial charge in [0, 0.05) is 17.7 Å². The lowest BCUT2D eigenvalue weighted by molar-refractivity contribution is -0.146. The first kappa shape index (κ1) is 23.0. The van der Waals surface area contributed by atoms with Gasteiger partial charge in [0.1, 0.15) is 0 Å². The van der Waals surface area contributed by atoms with E-state index < -0.39 is 23.8 Å². The number of ketones is 1. The van der Waals surface area contributed by atoms with Crippen LogP contribution < -0.4 is 0 Å². The molecule has 0 aliphatic carbocycles. The van der Waals surface area contributed by atoms with E-state index in [9.17, 15) is 14.4 Å². The van der Waals surface area contributed by atoms with Gasteiger partial charge >= 0.3 is 11.9 Å². The van der Waals surface area contributed by atoms with Crippen LogP contribution in [0.4, 0.5) is 0 Å². The summed E-state index contributed by atoms with van der Waals surface area (Å²) in [4.78, 5) is 44.0. The standard InChI is InChI=1S/C24H26N2O6/c1-13-6-8-17(9-7-13)18-12-25-19(32-18)10-11-20(27)31-16(4)23(28)22-14(2)21(15(3)26-22)24(29)30-5/h6-9,12,16,26H,10-11H2,1-5H3/t16-/m1/s1. The highest BCUT2D eigenvalue weighted by Gasteiger charge is 2.27. The molecule has 0 fully saturated rings. The SMILES string of the molecule is COC(=O)c1c(C)[nH]c(C(=O)[C@@H](C)OC(=O)CCc2ncc(-c3ccc(C)cc3)o2)c1C. The Kier molecular flexibility index (Phi) is 6.92. The fraction of sp³-hybridized carbons (Fsp3) is 0.333. The molecule has 0 spiro atoms. The first-order valence-corrected chi connectivity index (χ1v) is 10.2. The van der Waals surface area contributed by atoms with Gasteiger partial charge in [-0.25, -0.2) is 9.78 Å². The van der Waals surface area contributed by atoms with Crippen molar-refractivity contribution < 1.29 is 28.3 Å². The van der Waals surface area contributed by atoms with Crippen molar-refractivity contribution in [2.24, 2.45) is 0 Å². The minimum atomic E-state index is -1.02.